The SMILES string of the molecule is CCCCCCC(CCCCCC)OC(=O)CCCCCCCCC(CCCCCCCCC(=O)OC(CCCCCC)CCCCCC)OC(=O)N(CCCCCC)CCN1CCCCC1. The summed E-state index contributed by atoms with van der Waals surface area (Å²) >= 11 is 0. The molecule has 0 aromatic heterocycles. The van der Waals surface area contributed by atoms with Crippen LogP contribution in [0.25, 0.3) is 0 Å². The molecule has 1 heterocycles. The fourth-order valence-corrected chi connectivity index (χ4v) is 9.85. The van der Waals surface area contributed by atoms with Crippen LogP contribution in [0.15, 0.2) is 0 Å². The molecule has 396 valence electrons. The number of carbonyl (C=O) groups excluding carboxylic acids is 3. The maximum absolute atomic E-state index is 13.9. The van der Waals surface area contributed by atoms with Gasteiger partial charge < -0.3 is 24.0 Å². The second kappa shape index (κ2) is 47.8. The van der Waals surface area contributed by atoms with Crippen molar-refractivity contribution in [2.45, 2.75) is 329 Å². The van der Waals surface area contributed by atoms with Crippen LogP contribution < -0.4 is 0 Å². The van der Waals surface area contributed by atoms with Gasteiger partial charge in [-0.05, 0) is 122 Å². The van der Waals surface area contributed by atoms with E-state index in [1.807, 2.05) is 4.90 Å². The van der Waals surface area contributed by atoms with Crippen molar-refractivity contribution in [1.82, 2.24) is 9.80 Å². The van der Waals surface area contributed by atoms with E-state index in [9.17, 15) is 14.4 Å². The van der Waals surface area contributed by atoms with E-state index in [0.29, 0.717) is 12.8 Å². The number of piperidine rings is 1. The van der Waals surface area contributed by atoms with Gasteiger partial charge in [-0.2, -0.15) is 0 Å². The lowest BCUT2D eigenvalue weighted by Gasteiger charge is -2.31. The molecule has 0 bridgehead atoms. The van der Waals surface area contributed by atoms with Gasteiger partial charge >= 0.3 is 18.0 Å². The molecule has 0 spiro atoms. The van der Waals surface area contributed by atoms with Gasteiger partial charge in [0.25, 0.3) is 0 Å². The zero-order valence-corrected chi connectivity index (χ0v) is 45.5. The van der Waals surface area contributed by atoms with Gasteiger partial charge in [0, 0.05) is 32.5 Å². The second-order valence-corrected chi connectivity index (χ2v) is 20.9. The lowest BCUT2D eigenvalue weighted by molar-refractivity contribution is -0.151. The first-order valence-electron chi connectivity index (χ1n) is 29.9. The van der Waals surface area contributed by atoms with E-state index in [-0.39, 0.29) is 36.3 Å². The number of hydrogen-bond donors (Lipinski definition) is 0. The van der Waals surface area contributed by atoms with E-state index in [1.54, 1.807) is 0 Å². The number of ether oxygens (including phenoxy) is 3. The molecule has 1 fully saturated rings. The first-order chi connectivity index (χ1) is 32.9. The highest BCUT2D eigenvalue weighted by Gasteiger charge is 2.22. The van der Waals surface area contributed by atoms with E-state index >= 15 is 0 Å². The van der Waals surface area contributed by atoms with E-state index in [0.717, 1.165) is 187 Å². The van der Waals surface area contributed by atoms with E-state index in [1.165, 1.54) is 109 Å². The molecular formula is C59H114N2O6. The zero-order chi connectivity index (χ0) is 48.7. The molecule has 0 aromatic rings. The molecule has 1 saturated heterocycles. The first kappa shape index (κ1) is 63.2. The summed E-state index contributed by atoms with van der Waals surface area (Å²) in [4.78, 5) is 44.1. The Morgan fingerprint density at radius 3 is 1.06 bits per heavy atom. The molecule has 1 amide bonds. The molecule has 8 heteroatoms. The predicted octanol–water partition coefficient (Wildman–Crippen LogP) is 17.8. The number of unbranched alkanes of at least 4 members (excludes halogenated alkanes) is 25. The molecule has 1 rings (SSSR count). The van der Waals surface area contributed by atoms with Gasteiger partial charge in [0.05, 0.1) is 0 Å². The number of hydrogen-bond acceptors (Lipinski definition) is 7. The molecule has 0 aliphatic carbocycles. The van der Waals surface area contributed by atoms with Crippen LogP contribution in [-0.4, -0.2) is 78.9 Å². The number of likely N-dealkylation sites (tertiary alicyclic amines) is 1. The number of esters is 2. The van der Waals surface area contributed by atoms with Crippen LogP contribution >= 0.6 is 0 Å². The van der Waals surface area contributed by atoms with Crippen LogP contribution in [0.3, 0.4) is 0 Å². The summed E-state index contributed by atoms with van der Waals surface area (Å²) in [6.07, 6.45) is 48.0. The average Bonchev–Trinajstić information content (AvgIpc) is 3.33. The Balaban J connectivity index is 2.61. The van der Waals surface area contributed by atoms with Crippen LogP contribution in [0, 0.1) is 0 Å². The first-order valence-corrected chi connectivity index (χ1v) is 29.9. The number of amides is 1. The van der Waals surface area contributed by atoms with Crippen molar-refractivity contribution < 1.29 is 28.6 Å². The van der Waals surface area contributed by atoms with Crippen molar-refractivity contribution in [2.24, 2.45) is 0 Å². The van der Waals surface area contributed by atoms with Crippen molar-refractivity contribution in [1.29, 1.82) is 0 Å². The minimum atomic E-state index is -0.106. The topological polar surface area (TPSA) is 85.4 Å². The molecule has 0 N–H and O–H groups in total. The van der Waals surface area contributed by atoms with Crippen molar-refractivity contribution in [2.75, 3.05) is 32.7 Å². The molecule has 0 saturated carbocycles. The molecule has 0 aromatic carbocycles. The van der Waals surface area contributed by atoms with Gasteiger partial charge in [-0.25, -0.2) is 4.79 Å². The number of carbonyl (C=O) groups is 3. The van der Waals surface area contributed by atoms with Crippen molar-refractivity contribution in [3.63, 3.8) is 0 Å². The molecule has 0 unspecified atom stereocenters. The molecule has 8 nitrogen and oxygen atoms in total. The van der Waals surface area contributed by atoms with Gasteiger partial charge in [0.15, 0.2) is 0 Å². The number of nitrogens with zero attached hydrogens (tertiary/aromatic N) is 2. The van der Waals surface area contributed by atoms with Gasteiger partial charge in [0.1, 0.15) is 18.3 Å². The van der Waals surface area contributed by atoms with E-state index in [4.69, 9.17) is 14.2 Å². The summed E-state index contributed by atoms with van der Waals surface area (Å²) in [5.41, 5.74) is 0. The maximum Gasteiger partial charge on any atom is 0.410 e. The van der Waals surface area contributed by atoms with Crippen LogP contribution in [0.4, 0.5) is 4.79 Å². The van der Waals surface area contributed by atoms with Gasteiger partial charge in [0.2, 0.25) is 0 Å². The normalized spacial score (nSPS) is 13.3. The van der Waals surface area contributed by atoms with Crippen LogP contribution in [0.5, 0.6) is 0 Å². The summed E-state index contributed by atoms with van der Waals surface area (Å²) in [7, 11) is 0. The molecule has 0 radical (unpaired) electrons. The average molecular weight is 948 g/mol. The number of rotatable bonds is 49. The van der Waals surface area contributed by atoms with Gasteiger partial charge in [-0.1, -0.05) is 189 Å². The fraction of sp³-hybridized carbons (Fsp3) is 0.949. The van der Waals surface area contributed by atoms with Crippen molar-refractivity contribution in [3.05, 3.63) is 0 Å². The summed E-state index contributed by atoms with van der Waals surface area (Å²) in [6, 6.07) is 0. The van der Waals surface area contributed by atoms with Crippen LogP contribution in [-0.2, 0) is 23.8 Å². The third-order valence-electron chi connectivity index (χ3n) is 14.4. The monoisotopic (exact) mass is 947 g/mol. The second-order valence-electron chi connectivity index (χ2n) is 20.9. The Hall–Kier alpha value is -1.83. The van der Waals surface area contributed by atoms with Gasteiger partial charge in [-0.3, -0.25) is 9.59 Å². The summed E-state index contributed by atoms with van der Waals surface area (Å²) in [6.45, 7) is 16.0. The lowest BCUT2D eigenvalue weighted by Crippen LogP contribution is -2.42. The molecule has 67 heavy (non-hydrogen) atoms. The quantitative estimate of drug-likeness (QED) is 0.0341. The Morgan fingerprint density at radius 2 is 0.687 bits per heavy atom. The minimum absolute atomic E-state index is 0.000902. The lowest BCUT2D eigenvalue weighted by atomic mass is 10.0. The van der Waals surface area contributed by atoms with Crippen LogP contribution in [0.1, 0.15) is 311 Å². The summed E-state index contributed by atoms with van der Waals surface area (Å²) < 4.78 is 18.5. The largest absolute Gasteiger partial charge is 0.462 e. The minimum Gasteiger partial charge on any atom is -0.462 e. The standard InChI is InChI=1S/C59H114N2O6/c1-6-11-16-30-41-54(42-31-17-12-7-2)65-57(62)47-36-27-23-21-25-34-45-56(67-59(64)61(51-40-20-15-10-5)53-52-60-49-38-29-39-50-60)46-35-26-22-24-28-37-48-58(63)66-55(43-32-18-13-8-3)44-33-19-14-9-4/h54-56H,6-53H2,1-5H3. The third kappa shape index (κ3) is 39.6. The van der Waals surface area contributed by atoms with Gasteiger partial charge in [-0.15, -0.1) is 0 Å². The van der Waals surface area contributed by atoms with Crippen molar-refractivity contribution >= 4 is 18.0 Å². The Bertz CT molecular complexity index is 1020. The van der Waals surface area contributed by atoms with Crippen molar-refractivity contribution in [3.8, 4) is 0 Å². The maximum atomic E-state index is 13.9. The predicted molar refractivity (Wildman–Crippen MR) is 285 cm³/mol. The van der Waals surface area contributed by atoms with E-state index in [2.05, 4.69) is 39.5 Å². The highest BCUT2D eigenvalue weighted by molar-refractivity contribution is 5.70. The summed E-state index contributed by atoms with van der Waals surface area (Å²) in [5.74, 6) is 0.00180. The Morgan fingerprint density at radius 1 is 0.373 bits per heavy atom. The highest BCUT2D eigenvalue weighted by atomic mass is 16.6. The highest BCUT2D eigenvalue weighted by Crippen LogP contribution is 2.22. The fourth-order valence-electron chi connectivity index (χ4n) is 9.85. The molecule has 1 aliphatic heterocycles. The van der Waals surface area contributed by atoms with E-state index < -0.39 is 0 Å². The third-order valence-corrected chi connectivity index (χ3v) is 14.4. The van der Waals surface area contributed by atoms with Crippen LogP contribution in [0.2, 0.25) is 0 Å². The Labute approximate surface area is 416 Å². The molecule has 0 atom stereocenters. The molecule has 1 aliphatic rings. The smallest absolute Gasteiger partial charge is 0.410 e. The molecular weight excluding hydrogens is 833 g/mol. The zero-order valence-electron chi connectivity index (χ0n) is 45.5. The summed E-state index contributed by atoms with van der Waals surface area (Å²) in [5, 5.41) is 0. The Kier molecular flexibility index (Phi) is 45.1.